The normalized spacial score (nSPS) is 10.3. The largest absolute Gasteiger partial charge is 0.494 e. The van der Waals surface area contributed by atoms with E-state index in [1.54, 1.807) is 23.9 Å². The highest BCUT2D eigenvalue weighted by Crippen LogP contribution is 2.18. The number of amides is 2. The van der Waals surface area contributed by atoms with Gasteiger partial charge in [0.25, 0.3) is 5.91 Å². The van der Waals surface area contributed by atoms with Gasteiger partial charge in [-0.3, -0.25) is 20.4 Å². The summed E-state index contributed by atoms with van der Waals surface area (Å²) >= 11 is 1.56. The van der Waals surface area contributed by atoms with Crippen molar-refractivity contribution in [3.63, 3.8) is 0 Å². The standard InChI is InChI=1S/C22H28N2O4S/c1-3-5-14-29-16-21(25)23-24-22(26)18-8-6-17(7-9-18)15-28-20-12-10-19(11-13-20)27-4-2/h6-13H,3-5,14-16H2,1-2H3,(H,23,25)(H,24,26). The Balaban J connectivity index is 1.74. The number of hydrogen-bond donors (Lipinski definition) is 2. The van der Waals surface area contributed by atoms with Crippen molar-refractivity contribution in [2.75, 3.05) is 18.1 Å². The third kappa shape index (κ3) is 8.48. The summed E-state index contributed by atoms with van der Waals surface area (Å²) in [6, 6.07) is 14.5. The summed E-state index contributed by atoms with van der Waals surface area (Å²) < 4.78 is 11.1. The maximum absolute atomic E-state index is 12.1. The van der Waals surface area contributed by atoms with Crippen molar-refractivity contribution in [2.24, 2.45) is 0 Å². The number of rotatable bonds is 11. The SMILES string of the molecule is CCCCSCC(=O)NNC(=O)c1ccc(COc2ccc(OCC)cc2)cc1. The maximum atomic E-state index is 12.1. The molecular formula is C22H28N2O4S. The van der Waals surface area contributed by atoms with Crippen LogP contribution in [0.3, 0.4) is 0 Å². The number of unbranched alkanes of at least 4 members (excludes halogenated alkanes) is 1. The van der Waals surface area contributed by atoms with Crippen molar-refractivity contribution < 1.29 is 19.1 Å². The van der Waals surface area contributed by atoms with Crippen LogP contribution in [0.25, 0.3) is 0 Å². The second-order valence-corrected chi connectivity index (χ2v) is 7.40. The molecule has 0 saturated heterocycles. The first-order valence-electron chi connectivity index (χ1n) is 9.74. The van der Waals surface area contributed by atoms with Crippen molar-refractivity contribution in [1.29, 1.82) is 0 Å². The minimum absolute atomic E-state index is 0.208. The maximum Gasteiger partial charge on any atom is 0.269 e. The lowest BCUT2D eigenvalue weighted by molar-refractivity contribution is -0.119. The van der Waals surface area contributed by atoms with Gasteiger partial charge >= 0.3 is 0 Å². The molecule has 0 spiro atoms. The molecule has 0 saturated carbocycles. The lowest BCUT2D eigenvalue weighted by Gasteiger charge is -2.09. The monoisotopic (exact) mass is 416 g/mol. The summed E-state index contributed by atoms with van der Waals surface area (Å²) in [6.45, 7) is 5.07. The number of carbonyl (C=O) groups is 2. The fourth-order valence-corrected chi connectivity index (χ4v) is 3.26. The smallest absolute Gasteiger partial charge is 0.269 e. The Bertz CT molecular complexity index is 763. The highest BCUT2D eigenvalue weighted by atomic mass is 32.2. The van der Waals surface area contributed by atoms with E-state index in [1.807, 2.05) is 43.3 Å². The van der Waals surface area contributed by atoms with Gasteiger partial charge in [-0.15, -0.1) is 0 Å². The van der Waals surface area contributed by atoms with Crippen LogP contribution in [0.15, 0.2) is 48.5 Å². The first kappa shape index (κ1) is 22.6. The van der Waals surface area contributed by atoms with Gasteiger partial charge in [-0.05, 0) is 61.1 Å². The number of hydrazine groups is 1. The van der Waals surface area contributed by atoms with Crippen LogP contribution in [0.5, 0.6) is 11.5 Å². The lowest BCUT2D eigenvalue weighted by atomic mass is 10.1. The number of carbonyl (C=O) groups excluding carboxylic acids is 2. The van der Waals surface area contributed by atoms with E-state index in [0.717, 1.165) is 35.7 Å². The molecule has 0 bridgehead atoms. The number of thioether (sulfide) groups is 1. The average molecular weight is 417 g/mol. The third-order valence-corrected chi connectivity index (χ3v) is 4.99. The van der Waals surface area contributed by atoms with E-state index >= 15 is 0 Å². The summed E-state index contributed by atoms with van der Waals surface area (Å²) in [7, 11) is 0. The molecule has 0 atom stereocenters. The van der Waals surface area contributed by atoms with Gasteiger partial charge in [-0.1, -0.05) is 25.5 Å². The molecule has 0 unspecified atom stereocenters. The zero-order valence-electron chi connectivity index (χ0n) is 16.9. The van der Waals surface area contributed by atoms with E-state index in [2.05, 4.69) is 17.8 Å². The predicted octanol–water partition coefficient (Wildman–Crippen LogP) is 3.96. The van der Waals surface area contributed by atoms with Crippen LogP contribution in [-0.2, 0) is 11.4 Å². The van der Waals surface area contributed by atoms with E-state index in [4.69, 9.17) is 9.47 Å². The molecule has 0 aliphatic heterocycles. The number of ether oxygens (including phenoxy) is 2. The van der Waals surface area contributed by atoms with Gasteiger partial charge in [-0.25, -0.2) is 0 Å². The lowest BCUT2D eigenvalue weighted by Crippen LogP contribution is -2.42. The molecule has 0 aromatic heterocycles. The first-order valence-corrected chi connectivity index (χ1v) is 10.9. The minimum Gasteiger partial charge on any atom is -0.494 e. The van der Waals surface area contributed by atoms with Crippen LogP contribution in [0, 0.1) is 0 Å². The van der Waals surface area contributed by atoms with E-state index in [-0.39, 0.29) is 11.8 Å². The Labute approximate surface area is 176 Å². The Hall–Kier alpha value is -2.67. The van der Waals surface area contributed by atoms with Gasteiger partial charge in [0.1, 0.15) is 18.1 Å². The summed E-state index contributed by atoms with van der Waals surface area (Å²) in [4.78, 5) is 23.8. The van der Waals surface area contributed by atoms with E-state index in [1.165, 1.54) is 0 Å². The van der Waals surface area contributed by atoms with Gasteiger partial charge in [0.15, 0.2) is 0 Å². The molecule has 2 rings (SSSR count). The molecule has 0 aliphatic carbocycles. The Morgan fingerprint density at radius 3 is 2.17 bits per heavy atom. The van der Waals surface area contributed by atoms with Gasteiger partial charge < -0.3 is 9.47 Å². The molecule has 0 heterocycles. The molecule has 2 N–H and O–H groups in total. The molecule has 7 heteroatoms. The van der Waals surface area contributed by atoms with E-state index < -0.39 is 0 Å². The topological polar surface area (TPSA) is 76.7 Å². The van der Waals surface area contributed by atoms with E-state index in [9.17, 15) is 9.59 Å². The molecule has 29 heavy (non-hydrogen) atoms. The second-order valence-electron chi connectivity index (χ2n) is 6.30. The molecule has 2 amide bonds. The summed E-state index contributed by atoms with van der Waals surface area (Å²) in [6.07, 6.45) is 2.19. The predicted molar refractivity (Wildman–Crippen MR) is 116 cm³/mol. The minimum atomic E-state index is -0.351. The van der Waals surface area contributed by atoms with Crippen molar-refractivity contribution >= 4 is 23.6 Å². The Kier molecular flexibility index (Phi) is 9.92. The summed E-state index contributed by atoms with van der Waals surface area (Å²) in [5.41, 5.74) is 6.28. The zero-order valence-corrected chi connectivity index (χ0v) is 17.7. The highest BCUT2D eigenvalue weighted by molar-refractivity contribution is 7.99. The third-order valence-electron chi connectivity index (χ3n) is 3.95. The molecule has 156 valence electrons. The summed E-state index contributed by atoms with van der Waals surface area (Å²) in [5.74, 6) is 2.27. The van der Waals surface area contributed by atoms with Crippen LogP contribution in [-0.4, -0.2) is 29.9 Å². The van der Waals surface area contributed by atoms with Crippen LogP contribution >= 0.6 is 11.8 Å². The molecular weight excluding hydrogens is 388 g/mol. The Morgan fingerprint density at radius 1 is 0.897 bits per heavy atom. The molecule has 0 aliphatic rings. The number of hydrogen-bond acceptors (Lipinski definition) is 5. The van der Waals surface area contributed by atoms with Crippen LogP contribution in [0.1, 0.15) is 42.6 Å². The van der Waals surface area contributed by atoms with Gasteiger partial charge in [-0.2, -0.15) is 11.8 Å². The van der Waals surface area contributed by atoms with Crippen molar-refractivity contribution in [2.45, 2.75) is 33.3 Å². The van der Waals surface area contributed by atoms with Crippen LogP contribution in [0.2, 0.25) is 0 Å². The van der Waals surface area contributed by atoms with Crippen molar-refractivity contribution in [1.82, 2.24) is 10.9 Å². The summed E-state index contributed by atoms with van der Waals surface area (Å²) in [5, 5.41) is 0. The van der Waals surface area contributed by atoms with Crippen molar-refractivity contribution in [3.05, 3.63) is 59.7 Å². The van der Waals surface area contributed by atoms with Crippen molar-refractivity contribution in [3.8, 4) is 11.5 Å². The van der Waals surface area contributed by atoms with Gasteiger partial charge in [0, 0.05) is 5.56 Å². The number of benzene rings is 2. The number of nitrogens with one attached hydrogen (secondary N) is 2. The molecule has 2 aromatic rings. The fraction of sp³-hybridized carbons (Fsp3) is 0.364. The van der Waals surface area contributed by atoms with Crippen LogP contribution in [0.4, 0.5) is 0 Å². The quantitative estimate of drug-likeness (QED) is 0.428. The van der Waals surface area contributed by atoms with Gasteiger partial charge in [0.2, 0.25) is 5.91 Å². The Morgan fingerprint density at radius 2 is 1.55 bits per heavy atom. The highest BCUT2D eigenvalue weighted by Gasteiger charge is 2.08. The zero-order chi connectivity index (χ0) is 20.9. The van der Waals surface area contributed by atoms with Gasteiger partial charge in [0.05, 0.1) is 12.4 Å². The molecule has 6 nitrogen and oxygen atoms in total. The second kappa shape index (κ2) is 12.7. The molecule has 2 aromatic carbocycles. The molecule has 0 fully saturated rings. The fourth-order valence-electron chi connectivity index (χ4n) is 2.36. The molecule has 0 radical (unpaired) electrons. The van der Waals surface area contributed by atoms with Crippen LogP contribution < -0.4 is 20.3 Å². The van der Waals surface area contributed by atoms with E-state index in [0.29, 0.717) is 24.5 Å². The average Bonchev–Trinajstić information content (AvgIpc) is 2.75. The first-order chi connectivity index (χ1) is 14.1.